The second-order valence-electron chi connectivity index (χ2n) is 5.32. The number of carbonyl (C=O) groups is 1. The molecule has 1 fully saturated rings. The van der Waals surface area contributed by atoms with E-state index in [0.717, 1.165) is 6.42 Å². The number of hydrogen-bond acceptors (Lipinski definition) is 3. The lowest BCUT2D eigenvalue weighted by Gasteiger charge is -2.12. The number of rotatable bonds is 3. The van der Waals surface area contributed by atoms with Crippen LogP contribution in [0.2, 0.25) is 5.02 Å². The minimum Gasteiger partial charge on any atom is -0.507 e. The maximum atomic E-state index is 11.9. The number of nitrogens with zero attached hydrogens (tertiary/aromatic N) is 1. The van der Waals surface area contributed by atoms with Crippen LogP contribution >= 0.6 is 11.6 Å². The van der Waals surface area contributed by atoms with Gasteiger partial charge in [0.25, 0.3) is 5.91 Å². The van der Waals surface area contributed by atoms with Crippen LogP contribution in [0.1, 0.15) is 23.2 Å². The van der Waals surface area contributed by atoms with Crippen molar-refractivity contribution in [1.29, 1.82) is 0 Å². The number of nitrogens with one attached hydrogen (secondary N) is 1. The number of hydrogen-bond donors (Lipinski definition) is 2. The molecule has 1 saturated carbocycles. The van der Waals surface area contributed by atoms with E-state index in [1.54, 1.807) is 12.3 Å². The highest BCUT2D eigenvalue weighted by atomic mass is 35.5. The van der Waals surface area contributed by atoms with E-state index in [4.69, 9.17) is 11.6 Å². The van der Waals surface area contributed by atoms with Gasteiger partial charge in [0, 0.05) is 17.2 Å². The van der Waals surface area contributed by atoms with Gasteiger partial charge in [-0.05, 0) is 42.9 Å². The lowest BCUT2D eigenvalue weighted by atomic mass is 9.95. The van der Waals surface area contributed by atoms with Crippen molar-refractivity contribution in [2.75, 3.05) is 0 Å². The molecule has 104 valence electrons. The van der Waals surface area contributed by atoms with E-state index in [1.807, 2.05) is 0 Å². The van der Waals surface area contributed by atoms with E-state index >= 15 is 0 Å². The summed E-state index contributed by atoms with van der Waals surface area (Å²) in [5.41, 5.74) is 2.62. The van der Waals surface area contributed by atoms with Crippen LogP contribution in [0.4, 0.5) is 0 Å². The number of hydrazone groups is 1. The molecule has 0 aromatic heterocycles. The van der Waals surface area contributed by atoms with Gasteiger partial charge in [0.1, 0.15) is 5.75 Å². The van der Waals surface area contributed by atoms with Crippen LogP contribution < -0.4 is 5.43 Å². The average Bonchev–Trinajstić information content (AvgIpc) is 3.00. The largest absolute Gasteiger partial charge is 0.507 e. The molecule has 3 rings (SSSR count). The highest BCUT2D eigenvalue weighted by Crippen LogP contribution is 2.42. The third-order valence-corrected chi connectivity index (χ3v) is 4.20. The van der Waals surface area contributed by atoms with Gasteiger partial charge in [-0.2, -0.15) is 5.10 Å². The average molecular weight is 291 g/mol. The molecular formula is C15H15ClN2O2. The molecule has 2 aliphatic rings. The molecule has 3 unspecified atom stereocenters. The number of aromatic hydroxyl groups is 1. The highest BCUT2D eigenvalue weighted by Gasteiger charge is 2.34. The zero-order valence-corrected chi connectivity index (χ0v) is 11.5. The van der Waals surface area contributed by atoms with Gasteiger partial charge in [0.2, 0.25) is 0 Å². The first-order chi connectivity index (χ1) is 9.63. The number of phenols is 1. The molecule has 1 aromatic carbocycles. The number of carbonyl (C=O) groups excluding carboxylic acids is 1. The zero-order chi connectivity index (χ0) is 14.1. The Morgan fingerprint density at radius 3 is 2.90 bits per heavy atom. The van der Waals surface area contributed by atoms with E-state index in [2.05, 4.69) is 22.7 Å². The fourth-order valence-corrected chi connectivity index (χ4v) is 3.11. The Kier molecular flexibility index (Phi) is 3.49. The number of benzene rings is 1. The van der Waals surface area contributed by atoms with Gasteiger partial charge < -0.3 is 5.11 Å². The van der Waals surface area contributed by atoms with E-state index in [9.17, 15) is 9.90 Å². The van der Waals surface area contributed by atoms with Crippen molar-refractivity contribution < 1.29 is 9.90 Å². The summed E-state index contributed by atoms with van der Waals surface area (Å²) in [6.07, 6.45) is 8.60. The Morgan fingerprint density at radius 2 is 2.25 bits per heavy atom. The molecule has 3 atom stereocenters. The second kappa shape index (κ2) is 5.29. The van der Waals surface area contributed by atoms with Gasteiger partial charge in [0.05, 0.1) is 5.56 Å². The summed E-state index contributed by atoms with van der Waals surface area (Å²) < 4.78 is 0. The molecule has 5 heteroatoms. The van der Waals surface area contributed by atoms with Gasteiger partial charge >= 0.3 is 0 Å². The van der Waals surface area contributed by atoms with E-state index < -0.39 is 5.91 Å². The molecule has 0 heterocycles. The van der Waals surface area contributed by atoms with Crippen LogP contribution in [0.5, 0.6) is 5.75 Å². The van der Waals surface area contributed by atoms with Gasteiger partial charge in [-0.25, -0.2) is 5.43 Å². The summed E-state index contributed by atoms with van der Waals surface area (Å²) in [5.74, 6) is 1.06. The fourth-order valence-electron chi connectivity index (χ4n) is 2.94. The monoisotopic (exact) mass is 290 g/mol. The highest BCUT2D eigenvalue weighted by molar-refractivity contribution is 6.30. The van der Waals surface area contributed by atoms with Gasteiger partial charge in [-0.1, -0.05) is 23.8 Å². The molecule has 0 radical (unpaired) electrons. The van der Waals surface area contributed by atoms with Crippen molar-refractivity contribution in [3.63, 3.8) is 0 Å². The molecule has 1 aromatic rings. The topological polar surface area (TPSA) is 61.7 Å². The summed E-state index contributed by atoms with van der Waals surface area (Å²) in [6, 6.07) is 4.37. The third-order valence-electron chi connectivity index (χ3n) is 3.97. The van der Waals surface area contributed by atoms with Crippen LogP contribution in [0, 0.1) is 17.8 Å². The predicted octanol–water partition coefficient (Wildman–Crippen LogP) is 2.97. The summed E-state index contributed by atoms with van der Waals surface area (Å²) in [6.45, 7) is 0. The number of phenolic OH excluding ortho intramolecular Hbond substituents is 1. The van der Waals surface area contributed by atoms with E-state index in [0.29, 0.717) is 22.8 Å². The SMILES string of the molecule is O=C(N/N=C/C1CC2C=CC1C2)c1ccc(Cl)cc1O. The Hall–Kier alpha value is -1.81. The maximum Gasteiger partial charge on any atom is 0.275 e. The van der Waals surface area contributed by atoms with Crippen LogP contribution in [0.3, 0.4) is 0 Å². The lowest BCUT2D eigenvalue weighted by molar-refractivity contribution is 0.0952. The van der Waals surface area contributed by atoms with Crippen LogP contribution in [-0.4, -0.2) is 17.2 Å². The van der Waals surface area contributed by atoms with Crippen molar-refractivity contribution in [2.45, 2.75) is 12.8 Å². The Bertz CT molecular complexity index is 598. The normalized spacial score (nSPS) is 27.4. The number of allylic oxidation sites excluding steroid dienone is 2. The first-order valence-corrected chi connectivity index (χ1v) is 7.01. The van der Waals surface area contributed by atoms with Crippen LogP contribution in [0.15, 0.2) is 35.5 Å². The fraction of sp³-hybridized carbons (Fsp3) is 0.333. The first-order valence-electron chi connectivity index (χ1n) is 6.64. The van der Waals surface area contributed by atoms with Crippen molar-refractivity contribution in [3.05, 3.63) is 40.9 Å². The van der Waals surface area contributed by atoms with E-state index in [-0.39, 0.29) is 11.3 Å². The molecule has 1 amide bonds. The van der Waals surface area contributed by atoms with Crippen molar-refractivity contribution in [2.24, 2.45) is 22.9 Å². The molecule has 20 heavy (non-hydrogen) atoms. The van der Waals surface area contributed by atoms with Gasteiger partial charge in [-0.15, -0.1) is 0 Å². The van der Waals surface area contributed by atoms with Crippen molar-refractivity contribution >= 4 is 23.7 Å². The Morgan fingerprint density at radius 1 is 1.40 bits per heavy atom. The summed E-state index contributed by atoms with van der Waals surface area (Å²) in [4.78, 5) is 11.9. The Labute approximate surface area is 122 Å². The van der Waals surface area contributed by atoms with Crippen molar-refractivity contribution in [3.8, 4) is 5.75 Å². The smallest absolute Gasteiger partial charge is 0.275 e. The minimum atomic E-state index is -0.436. The molecule has 2 N–H and O–H groups in total. The standard InChI is InChI=1S/C15H15ClN2O2/c16-12-3-4-13(14(19)7-12)15(20)18-17-8-11-6-9-1-2-10(11)5-9/h1-4,7-11,19H,5-6H2,(H,18,20)/b17-8+. The van der Waals surface area contributed by atoms with Gasteiger partial charge in [-0.3, -0.25) is 4.79 Å². The second-order valence-corrected chi connectivity index (χ2v) is 5.76. The van der Waals surface area contributed by atoms with E-state index in [1.165, 1.54) is 18.6 Å². The number of amides is 1. The number of halogens is 1. The molecule has 0 spiro atoms. The molecule has 0 saturated heterocycles. The lowest BCUT2D eigenvalue weighted by Crippen LogP contribution is -2.19. The maximum absolute atomic E-state index is 11.9. The van der Waals surface area contributed by atoms with Crippen molar-refractivity contribution in [1.82, 2.24) is 5.43 Å². The molecule has 4 nitrogen and oxygen atoms in total. The molecule has 2 aliphatic carbocycles. The quantitative estimate of drug-likeness (QED) is 0.511. The summed E-state index contributed by atoms with van der Waals surface area (Å²) in [5, 5.41) is 14.0. The molecular weight excluding hydrogens is 276 g/mol. The minimum absolute atomic E-state index is 0.145. The Balaban J connectivity index is 1.60. The predicted molar refractivity (Wildman–Crippen MR) is 77.9 cm³/mol. The number of fused-ring (bicyclic) bond motifs is 2. The summed E-state index contributed by atoms with van der Waals surface area (Å²) >= 11 is 5.72. The molecule has 0 aliphatic heterocycles. The van der Waals surface area contributed by atoms with Gasteiger partial charge in [0.15, 0.2) is 0 Å². The summed E-state index contributed by atoms with van der Waals surface area (Å²) in [7, 11) is 0. The zero-order valence-electron chi connectivity index (χ0n) is 10.8. The molecule has 2 bridgehead atoms. The first kappa shape index (κ1) is 13.2. The third kappa shape index (κ3) is 2.56. The van der Waals surface area contributed by atoms with Crippen LogP contribution in [0.25, 0.3) is 0 Å². The van der Waals surface area contributed by atoms with Crippen LogP contribution in [-0.2, 0) is 0 Å².